The number of hydrogen-bond donors (Lipinski definition) is 3. The van der Waals surface area contributed by atoms with Crippen molar-refractivity contribution in [1.82, 2.24) is 5.32 Å². The lowest BCUT2D eigenvalue weighted by atomic mass is 10.0. The SMILES string of the molecule is O=C(O)[C@H]1C[C@H](CNC(=O)C(F)(F)F)[C@H](O)C1. The molecule has 1 fully saturated rings. The van der Waals surface area contributed by atoms with E-state index in [4.69, 9.17) is 5.11 Å². The Bertz CT molecular complexity index is 318. The number of alkyl halides is 3. The van der Waals surface area contributed by atoms with Gasteiger partial charge in [0.25, 0.3) is 0 Å². The molecule has 3 atom stereocenters. The Hall–Kier alpha value is -1.31. The van der Waals surface area contributed by atoms with Crippen LogP contribution < -0.4 is 5.32 Å². The van der Waals surface area contributed by atoms with Crippen LogP contribution in [0.2, 0.25) is 0 Å². The summed E-state index contributed by atoms with van der Waals surface area (Å²) in [7, 11) is 0. The first-order chi connectivity index (χ1) is 7.71. The Morgan fingerprint density at radius 3 is 2.29 bits per heavy atom. The number of carbonyl (C=O) groups excluding carboxylic acids is 1. The third kappa shape index (κ3) is 3.58. The van der Waals surface area contributed by atoms with Crippen molar-refractivity contribution in [2.45, 2.75) is 25.1 Å². The summed E-state index contributed by atoms with van der Waals surface area (Å²) in [4.78, 5) is 21.1. The fraction of sp³-hybridized carbons (Fsp3) is 0.778. The summed E-state index contributed by atoms with van der Waals surface area (Å²) in [5, 5.41) is 19.7. The van der Waals surface area contributed by atoms with E-state index in [9.17, 15) is 27.9 Å². The van der Waals surface area contributed by atoms with E-state index < -0.39 is 36.0 Å². The number of halogens is 3. The number of carboxylic acids is 1. The van der Waals surface area contributed by atoms with Gasteiger partial charge in [-0.15, -0.1) is 0 Å². The lowest BCUT2D eigenvalue weighted by Gasteiger charge is -2.15. The normalized spacial score (nSPS) is 29.1. The molecule has 0 aromatic carbocycles. The molecule has 0 unspecified atom stereocenters. The van der Waals surface area contributed by atoms with Gasteiger partial charge in [-0.3, -0.25) is 9.59 Å². The van der Waals surface area contributed by atoms with Crippen LogP contribution in [0.5, 0.6) is 0 Å². The maximum atomic E-state index is 11.9. The number of amides is 1. The third-order valence-corrected chi connectivity index (χ3v) is 2.79. The summed E-state index contributed by atoms with van der Waals surface area (Å²) in [5.74, 6) is -4.59. The van der Waals surface area contributed by atoms with E-state index in [-0.39, 0.29) is 19.4 Å². The standard InChI is InChI=1S/C9H12F3NO4/c10-9(11,12)8(17)13-3-5-1-4(7(15)16)2-6(5)14/h4-6,14H,1-3H2,(H,13,17)(H,15,16)/t4-,5+,6+/m0/s1. The summed E-state index contributed by atoms with van der Waals surface area (Å²) in [5.41, 5.74) is 0. The smallest absolute Gasteiger partial charge is 0.471 e. The second kappa shape index (κ2) is 4.91. The topological polar surface area (TPSA) is 86.6 Å². The second-order valence-electron chi connectivity index (χ2n) is 4.04. The molecule has 1 saturated carbocycles. The maximum Gasteiger partial charge on any atom is 0.471 e. The van der Waals surface area contributed by atoms with E-state index in [2.05, 4.69) is 0 Å². The number of rotatable bonds is 3. The van der Waals surface area contributed by atoms with Gasteiger partial charge in [0.05, 0.1) is 12.0 Å². The summed E-state index contributed by atoms with van der Waals surface area (Å²) < 4.78 is 35.6. The molecule has 3 N–H and O–H groups in total. The van der Waals surface area contributed by atoms with E-state index >= 15 is 0 Å². The summed E-state index contributed by atoms with van der Waals surface area (Å²) in [6.45, 7) is -0.372. The molecule has 0 bridgehead atoms. The lowest BCUT2D eigenvalue weighted by Crippen LogP contribution is -2.40. The van der Waals surface area contributed by atoms with E-state index in [1.54, 1.807) is 5.32 Å². The predicted molar refractivity (Wildman–Crippen MR) is 48.9 cm³/mol. The van der Waals surface area contributed by atoms with Crippen LogP contribution in [0.15, 0.2) is 0 Å². The van der Waals surface area contributed by atoms with Crippen LogP contribution >= 0.6 is 0 Å². The number of carbonyl (C=O) groups is 2. The molecule has 1 aliphatic carbocycles. The molecule has 5 nitrogen and oxygen atoms in total. The monoisotopic (exact) mass is 255 g/mol. The van der Waals surface area contributed by atoms with Gasteiger partial charge in [-0.05, 0) is 12.8 Å². The summed E-state index contributed by atoms with van der Waals surface area (Å²) >= 11 is 0. The minimum absolute atomic E-state index is 0.00187. The highest BCUT2D eigenvalue weighted by Gasteiger charge is 2.41. The molecular weight excluding hydrogens is 243 g/mol. The molecule has 1 aliphatic rings. The van der Waals surface area contributed by atoms with Gasteiger partial charge in [0.2, 0.25) is 0 Å². The minimum Gasteiger partial charge on any atom is -0.481 e. The highest BCUT2D eigenvalue weighted by atomic mass is 19.4. The first-order valence-corrected chi connectivity index (χ1v) is 4.97. The minimum atomic E-state index is -4.96. The molecule has 0 spiro atoms. The molecule has 8 heteroatoms. The molecule has 0 aromatic rings. The zero-order chi connectivity index (χ0) is 13.2. The van der Waals surface area contributed by atoms with Crippen molar-refractivity contribution < 1.29 is 33.0 Å². The van der Waals surface area contributed by atoms with Crippen molar-refractivity contribution in [1.29, 1.82) is 0 Å². The number of nitrogens with one attached hydrogen (secondary N) is 1. The lowest BCUT2D eigenvalue weighted by molar-refractivity contribution is -0.173. The van der Waals surface area contributed by atoms with Crippen LogP contribution in [0.4, 0.5) is 13.2 Å². The average Bonchev–Trinajstić information content (AvgIpc) is 2.55. The van der Waals surface area contributed by atoms with Crippen molar-refractivity contribution in [2.24, 2.45) is 11.8 Å². The van der Waals surface area contributed by atoms with Gasteiger partial charge in [0, 0.05) is 12.5 Å². The van der Waals surface area contributed by atoms with Crippen molar-refractivity contribution in [2.75, 3.05) is 6.54 Å². The molecule has 1 amide bonds. The Labute approximate surface area is 94.6 Å². The van der Waals surface area contributed by atoms with Gasteiger partial charge >= 0.3 is 18.1 Å². The number of hydrogen-bond acceptors (Lipinski definition) is 3. The fourth-order valence-electron chi connectivity index (χ4n) is 1.85. The molecule has 17 heavy (non-hydrogen) atoms. The van der Waals surface area contributed by atoms with Crippen LogP contribution in [0.25, 0.3) is 0 Å². The van der Waals surface area contributed by atoms with E-state index in [1.165, 1.54) is 0 Å². The molecule has 0 saturated heterocycles. The first kappa shape index (κ1) is 13.8. The molecule has 1 rings (SSSR count). The zero-order valence-corrected chi connectivity index (χ0v) is 8.70. The van der Waals surface area contributed by atoms with E-state index in [0.717, 1.165) is 0 Å². The number of aliphatic hydroxyl groups excluding tert-OH is 1. The number of aliphatic hydroxyl groups is 1. The van der Waals surface area contributed by atoms with Gasteiger partial charge in [0.1, 0.15) is 0 Å². The second-order valence-corrected chi connectivity index (χ2v) is 4.04. The number of aliphatic carboxylic acids is 1. The van der Waals surface area contributed by atoms with E-state index in [1.807, 2.05) is 0 Å². The third-order valence-electron chi connectivity index (χ3n) is 2.79. The molecule has 0 aliphatic heterocycles. The molecule has 0 aromatic heterocycles. The quantitative estimate of drug-likeness (QED) is 0.669. The Morgan fingerprint density at radius 1 is 1.29 bits per heavy atom. The first-order valence-electron chi connectivity index (χ1n) is 4.97. The van der Waals surface area contributed by atoms with Gasteiger partial charge in [-0.25, -0.2) is 0 Å². The Balaban J connectivity index is 2.43. The van der Waals surface area contributed by atoms with Crippen molar-refractivity contribution in [3.05, 3.63) is 0 Å². The van der Waals surface area contributed by atoms with Crippen LogP contribution in [0, 0.1) is 11.8 Å². The fourth-order valence-corrected chi connectivity index (χ4v) is 1.85. The van der Waals surface area contributed by atoms with Crippen LogP contribution in [-0.2, 0) is 9.59 Å². The van der Waals surface area contributed by atoms with E-state index in [0.29, 0.717) is 0 Å². The van der Waals surface area contributed by atoms with Crippen molar-refractivity contribution >= 4 is 11.9 Å². The highest BCUT2D eigenvalue weighted by molar-refractivity contribution is 5.81. The van der Waals surface area contributed by atoms with Gasteiger partial charge in [0.15, 0.2) is 0 Å². The Kier molecular flexibility index (Phi) is 3.97. The summed E-state index contributed by atoms with van der Waals surface area (Å²) in [6.07, 6.45) is -5.89. The molecule has 0 radical (unpaired) electrons. The average molecular weight is 255 g/mol. The maximum absolute atomic E-state index is 11.9. The van der Waals surface area contributed by atoms with Gasteiger partial charge in [-0.1, -0.05) is 0 Å². The van der Waals surface area contributed by atoms with Crippen LogP contribution in [-0.4, -0.2) is 40.9 Å². The molecular formula is C9H12F3NO4. The van der Waals surface area contributed by atoms with Crippen molar-refractivity contribution in [3.8, 4) is 0 Å². The molecule has 98 valence electrons. The number of carboxylic acid groups (broad SMARTS) is 1. The summed E-state index contributed by atoms with van der Waals surface area (Å²) in [6, 6.07) is 0. The van der Waals surface area contributed by atoms with Gasteiger partial charge < -0.3 is 15.5 Å². The van der Waals surface area contributed by atoms with Crippen LogP contribution in [0.1, 0.15) is 12.8 Å². The zero-order valence-electron chi connectivity index (χ0n) is 8.70. The van der Waals surface area contributed by atoms with Gasteiger partial charge in [-0.2, -0.15) is 13.2 Å². The molecule has 0 heterocycles. The predicted octanol–water partition coefficient (Wildman–Crippen LogP) is 0.137. The largest absolute Gasteiger partial charge is 0.481 e. The van der Waals surface area contributed by atoms with Crippen molar-refractivity contribution in [3.63, 3.8) is 0 Å². The Morgan fingerprint density at radius 2 is 1.88 bits per heavy atom. The van der Waals surface area contributed by atoms with Crippen LogP contribution in [0.3, 0.4) is 0 Å². The highest BCUT2D eigenvalue weighted by Crippen LogP contribution is 2.31.